The van der Waals surface area contributed by atoms with Crippen molar-refractivity contribution in [3.8, 4) is 11.5 Å². The number of ketones is 1. The van der Waals surface area contributed by atoms with Crippen LogP contribution in [0.4, 0.5) is 4.39 Å². The second-order valence-electron chi connectivity index (χ2n) is 4.56. The number of carbonyl (C=O) groups is 1. The van der Waals surface area contributed by atoms with E-state index in [1.807, 2.05) is 30.3 Å². The standard InChI is InChI=1S/C16H13FO3/c17-13-10-16-15(19-6-7-20-16)9-12(13)14(18)8-11-4-2-1-3-5-11/h1-5,9-10H,6-8H2. The molecule has 0 amide bonds. The molecule has 102 valence electrons. The minimum atomic E-state index is -0.574. The average Bonchev–Trinajstić information content (AvgIpc) is 2.47. The molecule has 2 aromatic carbocycles. The van der Waals surface area contributed by atoms with Gasteiger partial charge in [-0.2, -0.15) is 0 Å². The van der Waals surface area contributed by atoms with Gasteiger partial charge in [-0.1, -0.05) is 30.3 Å². The first-order valence-electron chi connectivity index (χ1n) is 6.40. The molecule has 20 heavy (non-hydrogen) atoms. The Morgan fingerprint density at radius 3 is 2.40 bits per heavy atom. The third kappa shape index (κ3) is 2.50. The van der Waals surface area contributed by atoms with Gasteiger partial charge in [-0.05, 0) is 11.6 Å². The number of Topliss-reactive ketones (excluding diaryl/α,β-unsaturated/α-hetero) is 1. The smallest absolute Gasteiger partial charge is 0.170 e. The van der Waals surface area contributed by atoms with Gasteiger partial charge in [0.2, 0.25) is 0 Å². The SMILES string of the molecule is O=C(Cc1ccccc1)c1cc2c(cc1F)OCCO2. The molecule has 0 aromatic heterocycles. The largest absolute Gasteiger partial charge is 0.486 e. The Bertz CT molecular complexity index is 638. The Morgan fingerprint density at radius 2 is 1.70 bits per heavy atom. The lowest BCUT2D eigenvalue weighted by Gasteiger charge is -2.19. The van der Waals surface area contributed by atoms with E-state index in [9.17, 15) is 9.18 Å². The third-order valence-corrected chi connectivity index (χ3v) is 3.14. The van der Waals surface area contributed by atoms with Gasteiger partial charge in [-0.25, -0.2) is 4.39 Å². The summed E-state index contributed by atoms with van der Waals surface area (Å²) in [7, 11) is 0. The molecule has 1 heterocycles. The van der Waals surface area contributed by atoms with Gasteiger partial charge in [-0.3, -0.25) is 4.79 Å². The third-order valence-electron chi connectivity index (χ3n) is 3.14. The van der Waals surface area contributed by atoms with Gasteiger partial charge in [0, 0.05) is 12.5 Å². The highest BCUT2D eigenvalue weighted by molar-refractivity contribution is 5.98. The van der Waals surface area contributed by atoms with Crippen molar-refractivity contribution in [2.45, 2.75) is 6.42 Å². The van der Waals surface area contributed by atoms with Gasteiger partial charge >= 0.3 is 0 Å². The van der Waals surface area contributed by atoms with Crippen molar-refractivity contribution in [3.05, 3.63) is 59.4 Å². The van der Waals surface area contributed by atoms with Crippen LogP contribution in [0, 0.1) is 5.82 Å². The minimum Gasteiger partial charge on any atom is -0.486 e. The summed E-state index contributed by atoms with van der Waals surface area (Å²) in [6, 6.07) is 11.9. The van der Waals surface area contributed by atoms with E-state index in [2.05, 4.69) is 0 Å². The number of hydrogen-bond acceptors (Lipinski definition) is 3. The zero-order chi connectivity index (χ0) is 13.9. The molecule has 0 fully saturated rings. The Hall–Kier alpha value is -2.36. The summed E-state index contributed by atoms with van der Waals surface area (Å²) in [5.74, 6) is -0.0695. The fourth-order valence-corrected chi connectivity index (χ4v) is 2.15. The Morgan fingerprint density at radius 1 is 1.05 bits per heavy atom. The van der Waals surface area contributed by atoms with E-state index in [0.29, 0.717) is 24.7 Å². The molecule has 4 heteroatoms. The number of benzene rings is 2. The quantitative estimate of drug-likeness (QED) is 0.806. The molecule has 3 rings (SSSR count). The molecular weight excluding hydrogens is 259 g/mol. The number of hydrogen-bond donors (Lipinski definition) is 0. The zero-order valence-electron chi connectivity index (χ0n) is 10.8. The van der Waals surface area contributed by atoms with Crippen molar-refractivity contribution in [2.75, 3.05) is 13.2 Å². The highest BCUT2D eigenvalue weighted by atomic mass is 19.1. The molecule has 0 aliphatic carbocycles. The fourth-order valence-electron chi connectivity index (χ4n) is 2.15. The second kappa shape index (κ2) is 5.33. The Balaban J connectivity index is 1.88. The second-order valence-corrected chi connectivity index (χ2v) is 4.56. The van der Waals surface area contributed by atoms with Crippen LogP contribution in [0.1, 0.15) is 15.9 Å². The van der Waals surface area contributed by atoms with E-state index in [1.54, 1.807) is 0 Å². The van der Waals surface area contributed by atoms with Crippen LogP contribution >= 0.6 is 0 Å². The zero-order valence-corrected chi connectivity index (χ0v) is 10.8. The van der Waals surface area contributed by atoms with E-state index in [0.717, 1.165) is 5.56 Å². The predicted octanol–water partition coefficient (Wildman–Crippen LogP) is 3.02. The molecule has 0 saturated carbocycles. The maximum absolute atomic E-state index is 14.0. The number of carbonyl (C=O) groups excluding carboxylic acids is 1. The molecular formula is C16H13FO3. The predicted molar refractivity (Wildman–Crippen MR) is 71.9 cm³/mol. The van der Waals surface area contributed by atoms with Crippen molar-refractivity contribution >= 4 is 5.78 Å². The molecule has 1 aliphatic heterocycles. The van der Waals surface area contributed by atoms with Crippen molar-refractivity contribution in [3.63, 3.8) is 0 Å². The Labute approximate surface area is 115 Å². The van der Waals surface area contributed by atoms with Crippen molar-refractivity contribution < 1.29 is 18.7 Å². The van der Waals surface area contributed by atoms with Crippen LogP contribution in [0.5, 0.6) is 11.5 Å². The van der Waals surface area contributed by atoms with Crippen LogP contribution in [0.25, 0.3) is 0 Å². The molecule has 3 nitrogen and oxygen atoms in total. The lowest BCUT2D eigenvalue weighted by atomic mass is 10.0. The van der Waals surface area contributed by atoms with Crippen LogP contribution < -0.4 is 9.47 Å². The number of ether oxygens (including phenoxy) is 2. The lowest BCUT2D eigenvalue weighted by molar-refractivity contribution is 0.0987. The number of fused-ring (bicyclic) bond motifs is 1. The molecule has 2 aromatic rings. The summed E-state index contributed by atoms with van der Waals surface area (Å²) < 4.78 is 24.6. The average molecular weight is 272 g/mol. The van der Waals surface area contributed by atoms with Gasteiger partial charge in [0.1, 0.15) is 19.0 Å². The highest BCUT2D eigenvalue weighted by Gasteiger charge is 2.20. The summed E-state index contributed by atoms with van der Waals surface area (Å²) >= 11 is 0. The van der Waals surface area contributed by atoms with Crippen molar-refractivity contribution in [2.24, 2.45) is 0 Å². The first-order chi connectivity index (χ1) is 9.74. The van der Waals surface area contributed by atoms with Crippen LogP contribution in [-0.2, 0) is 6.42 Å². The monoisotopic (exact) mass is 272 g/mol. The Kier molecular flexibility index (Phi) is 3.37. The molecule has 0 saturated heterocycles. The summed E-state index contributed by atoms with van der Waals surface area (Å²) in [6.45, 7) is 0.800. The van der Waals surface area contributed by atoms with Crippen LogP contribution in [0.3, 0.4) is 0 Å². The molecule has 1 aliphatic rings. The van der Waals surface area contributed by atoms with E-state index in [4.69, 9.17) is 9.47 Å². The van der Waals surface area contributed by atoms with E-state index in [-0.39, 0.29) is 17.8 Å². The van der Waals surface area contributed by atoms with Crippen molar-refractivity contribution in [1.29, 1.82) is 0 Å². The summed E-state index contributed by atoms with van der Waals surface area (Å²) in [5.41, 5.74) is 0.893. The fraction of sp³-hybridized carbons (Fsp3) is 0.188. The van der Waals surface area contributed by atoms with Gasteiger partial charge in [-0.15, -0.1) is 0 Å². The summed E-state index contributed by atoms with van der Waals surface area (Å²) in [5, 5.41) is 0. The van der Waals surface area contributed by atoms with Crippen LogP contribution in [0.2, 0.25) is 0 Å². The lowest BCUT2D eigenvalue weighted by Crippen LogP contribution is -2.17. The maximum Gasteiger partial charge on any atom is 0.170 e. The molecule has 0 bridgehead atoms. The molecule has 0 spiro atoms. The van der Waals surface area contributed by atoms with E-state index in [1.165, 1.54) is 12.1 Å². The van der Waals surface area contributed by atoms with Crippen molar-refractivity contribution in [1.82, 2.24) is 0 Å². The molecule has 0 radical (unpaired) electrons. The topological polar surface area (TPSA) is 35.5 Å². The molecule has 0 atom stereocenters. The normalized spacial score (nSPS) is 13.1. The maximum atomic E-state index is 14.0. The molecule has 0 N–H and O–H groups in total. The van der Waals surface area contributed by atoms with Crippen LogP contribution in [-0.4, -0.2) is 19.0 Å². The highest BCUT2D eigenvalue weighted by Crippen LogP contribution is 2.33. The number of rotatable bonds is 3. The van der Waals surface area contributed by atoms with Gasteiger partial charge in [0.05, 0.1) is 5.56 Å². The van der Waals surface area contributed by atoms with Gasteiger partial charge < -0.3 is 9.47 Å². The first-order valence-corrected chi connectivity index (χ1v) is 6.40. The van der Waals surface area contributed by atoms with Gasteiger partial charge in [0.25, 0.3) is 0 Å². The molecule has 0 unspecified atom stereocenters. The summed E-state index contributed by atoms with van der Waals surface area (Å²) in [4.78, 5) is 12.2. The van der Waals surface area contributed by atoms with E-state index >= 15 is 0 Å². The first kappa shape index (κ1) is 12.7. The van der Waals surface area contributed by atoms with Crippen LogP contribution in [0.15, 0.2) is 42.5 Å². The van der Waals surface area contributed by atoms with Gasteiger partial charge in [0.15, 0.2) is 17.3 Å². The minimum absolute atomic E-state index is 0.0399. The summed E-state index contributed by atoms with van der Waals surface area (Å²) in [6.07, 6.45) is 0.164. The van der Waals surface area contributed by atoms with E-state index < -0.39 is 5.82 Å². The number of halogens is 1.